The Labute approximate surface area is 116 Å². The molecule has 0 bridgehead atoms. The third kappa shape index (κ3) is 3.34. The molecule has 3 amide bonds. The molecule has 0 aromatic heterocycles. The van der Waals surface area contributed by atoms with Gasteiger partial charge in [0, 0.05) is 13.0 Å². The predicted molar refractivity (Wildman–Crippen MR) is 71.0 cm³/mol. The molecule has 1 aliphatic rings. The van der Waals surface area contributed by atoms with Gasteiger partial charge in [0.25, 0.3) is 5.91 Å². The second-order valence-electron chi connectivity index (χ2n) is 4.66. The van der Waals surface area contributed by atoms with Crippen molar-refractivity contribution in [2.24, 2.45) is 0 Å². The Morgan fingerprint density at radius 3 is 2.60 bits per heavy atom. The number of carboxylic acids is 1. The van der Waals surface area contributed by atoms with Gasteiger partial charge < -0.3 is 10.4 Å². The number of rotatable bonds is 6. The number of nitrogens with zero attached hydrogens (tertiary/aromatic N) is 1. The standard InChI is InChI=1S/C14H16N2O4/c17-12(18)7-6-11-13(19)16(14(20)15-11)9-8-10-4-2-1-3-5-10/h1-5,11H,6-9H2,(H,15,20)(H,17,18). The van der Waals surface area contributed by atoms with Gasteiger partial charge in [-0.15, -0.1) is 0 Å². The molecule has 2 N–H and O–H groups in total. The van der Waals surface area contributed by atoms with Crippen LogP contribution in [0.15, 0.2) is 30.3 Å². The van der Waals surface area contributed by atoms with Gasteiger partial charge in [0.2, 0.25) is 0 Å². The van der Waals surface area contributed by atoms with Gasteiger partial charge in [-0.2, -0.15) is 0 Å². The van der Waals surface area contributed by atoms with Gasteiger partial charge in [-0.05, 0) is 18.4 Å². The minimum Gasteiger partial charge on any atom is -0.481 e. The predicted octanol–water partition coefficient (Wildman–Crippen LogP) is 1.01. The Morgan fingerprint density at radius 2 is 1.95 bits per heavy atom. The molecule has 0 radical (unpaired) electrons. The van der Waals surface area contributed by atoms with Crippen molar-refractivity contribution in [2.75, 3.05) is 6.54 Å². The molecule has 1 heterocycles. The van der Waals surface area contributed by atoms with E-state index >= 15 is 0 Å². The van der Waals surface area contributed by atoms with E-state index in [0.717, 1.165) is 10.5 Å². The summed E-state index contributed by atoms with van der Waals surface area (Å²) in [6.45, 7) is 0.304. The van der Waals surface area contributed by atoms with Crippen LogP contribution in [0, 0.1) is 0 Å². The Morgan fingerprint density at radius 1 is 1.25 bits per heavy atom. The number of carbonyl (C=O) groups is 3. The first kappa shape index (κ1) is 14.0. The van der Waals surface area contributed by atoms with Gasteiger partial charge in [-0.1, -0.05) is 30.3 Å². The fraction of sp³-hybridized carbons (Fsp3) is 0.357. The summed E-state index contributed by atoms with van der Waals surface area (Å²) in [7, 11) is 0. The van der Waals surface area contributed by atoms with Crippen LogP contribution in [-0.4, -0.2) is 40.5 Å². The number of hydrogen-bond acceptors (Lipinski definition) is 3. The molecule has 1 aromatic rings. The lowest BCUT2D eigenvalue weighted by Gasteiger charge is -2.12. The summed E-state index contributed by atoms with van der Waals surface area (Å²) >= 11 is 0. The first-order chi connectivity index (χ1) is 9.58. The van der Waals surface area contributed by atoms with Crippen molar-refractivity contribution in [3.63, 3.8) is 0 Å². The average molecular weight is 276 g/mol. The zero-order valence-electron chi connectivity index (χ0n) is 10.9. The highest BCUT2D eigenvalue weighted by Crippen LogP contribution is 2.12. The maximum atomic E-state index is 12.0. The van der Waals surface area contributed by atoms with E-state index in [9.17, 15) is 14.4 Å². The largest absolute Gasteiger partial charge is 0.481 e. The molecule has 1 saturated heterocycles. The van der Waals surface area contributed by atoms with Crippen LogP contribution in [0.5, 0.6) is 0 Å². The zero-order valence-corrected chi connectivity index (χ0v) is 10.9. The van der Waals surface area contributed by atoms with Gasteiger partial charge in [0.05, 0.1) is 0 Å². The van der Waals surface area contributed by atoms with Crippen molar-refractivity contribution >= 4 is 17.9 Å². The molecule has 1 aromatic carbocycles. The molecule has 1 unspecified atom stereocenters. The van der Waals surface area contributed by atoms with Crippen LogP contribution >= 0.6 is 0 Å². The first-order valence-corrected chi connectivity index (χ1v) is 6.45. The molecular weight excluding hydrogens is 260 g/mol. The van der Waals surface area contributed by atoms with E-state index in [-0.39, 0.29) is 18.7 Å². The van der Waals surface area contributed by atoms with Crippen molar-refractivity contribution in [3.05, 3.63) is 35.9 Å². The summed E-state index contributed by atoms with van der Waals surface area (Å²) in [6.07, 6.45) is 0.580. The van der Waals surface area contributed by atoms with Crippen LogP contribution < -0.4 is 5.32 Å². The molecule has 106 valence electrons. The minimum atomic E-state index is -0.977. The van der Waals surface area contributed by atoms with Crippen LogP contribution in [0.4, 0.5) is 4.79 Å². The van der Waals surface area contributed by atoms with Crippen molar-refractivity contribution in [1.29, 1.82) is 0 Å². The lowest BCUT2D eigenvalue weighted by Crippen LogP contribution is -2.33. The Balaban J connectivity index is 1.90. The average Bonchev–Trinajstić information content (AvgIpc) is 2.70. The molecule has 1 atom stereocenters. The molecule has 6 heteroatoms. The highest BCUT2D eigenvalue weighted by atomic mass is 16.4. The van der Waals surface area contributed by atoms with Crippen molar-refractivity contribution in [2.45, 2.75) is 25.3 Å². The van der Waals surface area contributed by atoms with E-state index < -0.39 is 18.0 Å². The summed E-state index contributed by atoms with van der Waals surface area (Å²) < 4.78 is 0. The SMILES string of the molecule is O=C(O)CCC1NC(=O)N(CCc2ccccc2)C1=O. The van der Waals surface area contributed by atoms with Crippen LogP contribution in [-0.2, 0) is 16.0 Å². The third-order valence-corrected chi connectivity index (χ3v) is 3.22. The second-order valence-corrected chi connectivity index (χ2v) is 4.66. The normalized spacial score (nSPS) is 18.2. The van der Waals surface area contributed by atoms with Crippen LogP contribution in [0.3, 0.4) is 0 Å². The van der Waals surface area contributed by atoms with Crippen LogP contribution in [0.25, 0.3) is 0 Å². The van der Waals surface area contributed by atoms with Gasteiger partial charge in [-0.25, -0.2) is 4.79 Å². The molecular formula is C14H16N2O4. The number of imide groups is 1. The number of nitrogens with one attached hydrogen (secondary N) is 1. The van der Waals surface area contributed by atoms with Gasteiger partial charge in [0.1, 0.15) is 6.04 Å². The fourth-order valence-electron chi connectivity index (χ4n) is 2.14. The zero-order chi connectivity index (χ0) is 14.5. The number of aliphatic carboxylic acids is 1. The van der Waals surface area contributed by atoms with Crippen molar-refractivity contribution in [1.82, 2.24) is 10.2 Å². The summed E-state index contributed by atoms with van der Waals surface area (Å²) in [5, 5.41) is 11.1. The molecule has 1 fully saturated rings. The van der Waals surface area contributed by atoms with Crippen LogP contribution in [0.2, 0.25) is 0 Å². The Hall–Kier alpha value is -2.37. The van der Waals surface area contributed by atoms with E-state index in [2.05, 4.69) is 5.32 Å². The maximum Gasteiger partial charge on any atom is 0.324 e. The van der Waals surface area contributed by atoms with E-state index in [1.165, 1.54) is 0 Å². The maximum absolute atomic E-state index is 12.0. The van der Waals surface area contributed by atoms with Crippen molar-refractivity contribution in [3.8, 4) is 0 Å². The number of carbonyl (C=O) groups excluding carboxylic acids is 2. The molecule has 0 aliphatic carbocycles. The van der Waals surface area contributed by atoms with Gasteiger partial charge in [-0.3, -0.25) is 14.5 Å². The topological polar surface area (TPSA) is 86.7 Å². The van der Waals surface area contributed by atoms with E-state index in [1.807, 2.05) is 30.3 Å². The molecule has 6 nitrogen and oxygen atoms in total. The minimum absolute atomic E-state index is 0.127. The van der Waals surface area contributed by atoms with E-state index in [1.54, 1.807) is 0 Å². The van der Waals surface area contributed by atoms with Gasteiger partial charge in [0.15, 0.2) is 0 Å². The van der Waals surface area contributed by atoms with Crippen molar-refractivity contribution < 1.29 is 19.5 Å². The number of urea groups is 1. The number of benzene rings is 1. The summed E-state index contributed by atoms with van der Waals surface area (Å²) in [5.41, 5.74) is 1.04. The third-order valence-electron chi connectivity index (χ3n) is 3.22. The highest BCUT2D eigenvalue weighted by Gasteiger charge is 2.37. The number of hydrogen-bond donors (Lipinski definition) is 2. The lowest BCUT2D eigenvalue weighted by atomic mass is 10.1. The number of amides is 3. The first-order valence-electron chi connectivity index (χ1n) is 6.45. The Kier molecular flexibility index (Phi) is 4.34. The quantitative estimate of drug-likeness (QED) is 0.759. The fourth-order valence-corrected chi connectivity index (χ4v) is 2.14. The molecule has 20 heavy (non-hydrogen) atoms. The summed E-state index contributed by atoms with van der Waals surface area (Å²) in [5.74, 6) is -1.32. The highest BCUT2D eigenvalue weighted by molar-refractivity contribution is 6.04. The smallest absolute Gasteiger partial charge is 0.324 e. The Bertz CT molecular complexity index is 515. The van der Waals surface area contributed by atoms with Crippen LogP contribution in [0.1, 0.15) is 18.4 Å². The monoisotopic (exact) mass is 276 g/mol. The molecule has 2 rings (SSSR count). The van der Waals surface area contributed by atoms with E-state index in [0.29, 0.717) is 13.0 Å². The second kappa shape index (κ2) is 6.18. The lowest BCUT2D eigenvalue weighted by molar-refractivity contribution is -0.137. The molecule has 0 saturated carbocycles. The summed E-state index contributed by atoms with van der Waals surface area (Å²) in [6, 6.07) is 8.41. The summed E-state index contributed by atoms with van der Waals surface area (Å²) in [4.78, 5) is 35.4. The van der Waals surface area contributed by atoms with Gasteiger partial charge >= 0.3 is 12.0 Å². The molecule has 0 spiro atoms. The molecule has 1 aliphatic heterocycles. The van der Waals surface area contributed by atoms with E-state index in [4.69, 9.17) is 5.11 Å². The number of carboxylic acid groups (broad SMARTS) is 1.